The van der Waals surface area contributed by atoms with Crippen molar-refractivity contribution in [2.24, 2.45) is 0 Å². The van der Waals surface area contributed by atoms with Gasteiger partial charge < -0.3 is 15.3 Å². The van der Waals surface area contributed by atoms with E-state index in [9.17, 15) is 0 Å². The van der Waals surface area contributed by atoms with Crippen LogP contribution in [0.2, 0.25) is 0 Å². The van der Waals surface area contributed by atoms with Crippen molar-refractivity contribution in [1.82, 2.24) is 10.2 Å². The van der Waals surface area contributed by atoms with Crippen LogP contribution < -0.4 is 5.32 Å². The molecule has 1 aliphatic heterocycles. The van der Waals surface area contributed by atoms with Crippen LogP contribution >= 0.6 is 0 Å². The second-order valence-electron chi connectivity index (χ2n) is 4.53. The van der Waals surface area contributed by atoms with Crippen molar-refractivity contribution in [2.45, 2.75) is 44.7 Å². The highest BCUT2D eigenvalue weighted by atomic mass is 16.2. The van der Waals surface area contributed by atoms with Crippen LogP contribution in [0.5, 0.6) is 0 Å². The average molecular weight is 200 g/mol. The minimum absolute atomic E-state index is 0.316. The van der Waals surface area contributed by atoms with E-state index in [1.54, 1.807) is 0 Å². The standard InChI is InChI=1S/C11H24N2O/c1-10(5-4-8-14)12-11-6-3-7-13(2)9-11/h10-12,14H,3-9H2,1-2H3. The normalized spacial score (nSPS) is 26.4. The highest BCUT2D eigenvalue weighted by Crippen LogP contribution is 2.09. The van der Waals surface area contributed by atoms with Gasteiger partial charge in [-0.1, -0.05) is 0 Å². The Morgan fingerprint density at radius 2 is 2.36 bits per heavy atom. The molecule has 1 fully saturated rings. The van der Waals surface area contributed by atoms with Gasteiger partial charge in [0.25, 0.3) is 0 Å². The number of piperidine rings is 1. The summed E-state index contributed by atoms with van der Waals surface area (Å²) in [5.41, 5.74) is 0. The predicted molar refractivity (Wildman–Crippen MR) is 59.4 cm³/mol. The minimum atomic E-state index is 0.316. The van der Waals surface area contributed by atoms with Gasteiger partial charge in [0.15, 0.2) is 0 Å². The summed E-state index contributed by atoms with van der Waals surface area (Å²) in [5, 5.41) is 12.4. The van der Waals surface area contributed by atoms with Gasteiger partial charge in [-0.25, -0.2) is 0 Å². The van der Waals surface area contributed by atoms with E-state index in [2.05, 4.69) is 24.2 Å². The number of nitrogens with zero attached hydrogens (tertiary/aromatic N) is 1. The Balaban J connectivity index is 2.15. The molecule has 3 heteroatoms. The molecule has 3 nitrogen and oxygen atoms in total. The predicted octanol–water partition coefficient (Wildman–Crippen LogP) is 0.831. The summed E-state index contributed by atoms with van der Waals surface area (Å²) in [6, 6.07) is 1.20. The number of likely N-dealkylation sites (N-methyl/N-ethyl adjacent to an activating group) is 1. The van der Waals surface area contributed by atoms with Gasteiger partial charge in [0, 0.05) is 25.2 Å². The maximum atomic E-state index is 8.73. The summed E-state index contributed by atoms with van der Waals surface area (Å²) in [7, 11) is 2.19. The third kappa shape index (κ3) is 4.40. The Kier molecular flexibility index (Phi) is 5.45. The molecule has 2 unspecified atom stereocenters. The van der Waals surface area contributed by atoms with Gasteiger partial charge in [-0.15, -0.1) is 0 Å². The fraction of sp³-hybridized carbons (Fsp3) is 1.00. The molecule has 84 valence electrons. The molecule has 0 amide bonds. The molecule has 0 aliphatic carbocycles. The van der Waals surface area contributed by atoms with Crippen LogP contribution in [-0.4, -0.2) is 48.8 Å². The van der Waals surface area contributed by atoms with Crippen molar-refractivity contribution < 1.29 is 5.11 Å². The second-order valence-corrected chi connectivity index (χ2v) is 4.53. The van der Waals surface area contributed by atoms with Gasteiger partial charge in [0.05, 0.1) is 0 Å². The lowest BCUT2D eigenvalue weighted by Gasteiger charge is -2.32. The lowest BCUT2D eigenvalue weighted by Crippen LogP contribution is -2.47. The molecule has 0 aromatic heterocycles. The zero-order valence-electron chi connectivity index (χ0n) is 9.50. The van der Waals surface area contributed by atoms with Gasteiger partial charge in [0.2, 0.25) is 0 Å². The van der Waals surface area contributed by atoms with E-state index in [-0.39, 0.29) is 0 Å². The van der Waals surface area contributed by atoms with Gasteiger partial charge in [0.1, 0.15) is 0 Å². The van der Waals surface area contributed by atoms with Crippen LogP contribution in [0.4, 0.5) is 0 Å². The maximum Gasteiger partial charge on any atom is 0.0431 e. The average Bonchev–Trinajstić information content (AvgIpc) is 2.15. The number of aliphatic hydroxyl groups excluding tert-OH is 1. The molecule has 1 heterocycles. The number of rotatable bonds is 5. The smallest absolute Gasteiger partial charge is 0.0431 e. The van der Waals surface area contributed by atoms with Gasteiger partial charge in [-0.2, -0.15) is 0 Å². The van der Waals surface area contributed by atoms with Crippen molar-refractivity contribution in [1.29, 1.82) is 0 Å². The van der Waals surface area contributed by atoms with E-state index >= 15 is 0 Å². The molecule has 1 aliphatic rings. The highest BCUT2D eigenvalue weighted by molar-refractivity contribution is 4.78. The van der Waals surface area contributed by atoms with E-state index in [0.717, 1.165) is 12.8 Å². The van der Waals surface area contributed by atoms with E-state index in [0.29, 0.717) is 18.7 Å². The summed E-state index contributed by atoms with van der Waals surface area (Å²) < 4.78 is 0. The van der Waals surface area contributed by atoms with E-state index in [4.69, 9.17) is 5.11 Å². The van der Waals surface area contributed by atoms with Gasteiger partial charge in [-0.05, 0) is 46.2 Å². The van der Waals surface area contributed by atoms with Crippen molar-refractivity contribution in [3.63, 3.8) is 0 Å². The number of hydrogen-bond donors (Lipinski definition) is 2. The number of likely N-dealkylation sites (tertiary alicyclic amines) is 1. The zero-order valence-corrected chi connectivity index (χ0v) is 9.50. The molecule has 1 rings (SSSR count). The lowest BCUT2D eigenvalue weighted by molar-refractivity contribution is 0.211. The molecule has 0 radical (unpaired) electrons. The summed E-state index contributed by atoms with van der Waals surface area (Å²) >= 11 is 0. The third-order valence-corrected chi connectivity index (χ3v) is 2.94. The first kappa shape index (κ1) is 12.0. The SMILES string of the molecule is CC(CCCO)NC1CCCN(C)C1. The van der Waals surface area contributed by atoms with Crippen LogP contribution in [-0.2, 0) is 0 Å². The Bertz CT molecular complexity index is 152. The van der Waals surface area contributed by atoms with Crippen molar-refractivity contribution >= 4 is 0 Å². The van der Waals surface area contributed by atoms with E-state index in [1.165, 1.54) is 25.9 Å². The molecular weight excluding hydrogens is 176 g/mol. The summed E-state index contributed by atoms with van der Waals surface area (Å²) in [4.78, 5) is 2.39. The van der Waals surface area contributed by atoms with Crippen LogP contribution in [0, 0.1) is 0 Å². The van der Waals surface area contributed by atoms with Crippen LogP contribution in [0.15, 0.2) is 0 Å². The zero-order chi connectivity index (χ0) is 10.4. The Morgan fingerprint density at radius 1 is 1.57 bits per heavy atom. The molecule has 14 heavy (non-hydrogen) atoms. The van der Waals surface area contributed by atoms with Crippen LogP contribution in [0.25, 0.3) is 0 Å². The molecule has 0 saturated carbocycles. The third-order valence-electron chi connectivity index (χ3n) is 2.94. The summed E-state index contributed by atoms with van der Waals surface area (Å²) in [5.74, 6) is 0. The first-order chi connectivity index (χ1) is 6.72. The quantitative estimate of drug-likeness (QED) is 0.690. The Morgan fingerprint density at radius 3 is 3.00 bits per heavy atom. The van der Waals surface area contributed by atoms with Crippen molar-refractivity contribution in [3.8, 4) is 0 Å². The molecule has 2 N–H and O–H groups in total. The topological polar surface area (TPSA) is 35.5 Å². The maximum absolute atomic E-state index is 8.73. The van der Waals surface area contributed by atoms with Crippen molar-refractivity contribution in [2.75, 3.05) is 26.7 Å². The lowest BCUT2D eigenvalue weighted by atomic mass is 10.0. The Hall–Kier alpha value is -0.120. The fourth-order valence-corrected chi connectivity index (χ4v) is 2.19. The number of hydrogen-bond acceptors (Lipinski definition) is 3. The molecule has 0 aromatic carbocycles. The molecule has 0 aromatic rings. The first-order valence-electron chi connectivity index (χ1n) is 5.78. The minimum Gasteiger partial charge on any atom is -0.396 e. The number of nitrogens with one attached hydrogen (secondary N) is 1. The van der Waals surface area contributed by atoms with Crippen LogP contribution in [0.1, 0.15) is 32.6 Å². The number of aliphatic hydroxyl groups is 1. The monoisotopic (exact) mass is 200 g/mol. The van der Waals surface area contributed by atoms with Gasteiger partial charge >= 0.3 is 0 Å². The van der Waals surface area contributed by atoms with Gasteiger partial charge in [-0.3, -0.25) is 0 Å². The Labute approximate surface area is 87.5 Å². The van der Waals surface area contributed by atoms with E-state index < -0.39 is 0 Å². The second kappa shape index (κ2) is 6.38. The first-order valence-corrected chi connectivity index (χ1v) is 5.78. The molecular formula is C11H24N2O. The molecule has 0 spiro atoms. The molecule has 2 atom stereocenters. The highest BCUT2D eigenvalue weighted by Gasteiger charge is 2.17. The summed E-state index contributed by atoms with van der Waals surface area (Å²) in [6.07, 6.45) is 4.60. The molecule has 1 saturated heterocycles. The van der Waals surface area contributed by atoms with E-state index in [1.807, 2.05) is 0 Å². The van der Waals surface area contributed by atoms with Crippen LogP contribution in [0.3, 0.4) is 0 Å². The fourth-order valence-electron chi connectivity index (χ4n) is 2.19. The molecule has 0 bridgehead atoms. The largest absolute Gasteiger partial charge is 0.396 e. The summed E-state index contributed by atoms with van der Waals surface area (Å²) in [6.45, 7) is 4.94. The van der Waals surface area contributed by atoms with Crippen molar-refractivity contribution in [3.05, 3.63) is 0 Å².